The van der Waals surface area contributed by atoms with Crippen LogP contribution in [0.2, 0.25) is 0 Å². The number of anilines is 1. The van der Waals surface area contributed by atoms with Crippen LogP contribution in [0.4, 0.5) is 5.69 Å². The molecule has 1 saturated carbocycles. The molecule has 3 aromatic heterocycles. The number of sulfonamides is 1. The van der Waals surface area contributed by atoms with E-state index in [2.05, 4.69) is 9.71 Å². The number of carbonyl (C=O) groups is 1. The summed E-state index contributed by atoms with van der Waals surface area (Å²) in [5.41, 5.74) is 1.25. The number of Topliss-reactive ketones (excluding diaryl/α,β-unsaturated/α-hetero) is 1. The van der Waals surface area contributed by atoms with Gasteiger partial charge in [0.05, 0.1) is 21.7 Å². The monoisotopic (exact) mass is 576 g/mol. The molecule has 6 rings (SSSR count). The minimum Gasteiger partial charge on any atom is -0.506 e. The molecule has 2 aliphatic carbocycles. The van der Waals surface area contributed by atoms with E-state index < -0.39 is 21.6 Å². The van der Waals surface area contributed by atoms with Crippen molar-refractivity contribution >= 4 is 32.8 Å². The fourth-order valence-corrected chi connectivity index (χ4v) is 7.74. The summed E-state index contributed by atoms with van der Waals surface area (Å²) in [5.74, 6) is -0.702. The second-order valence-electron chi connectivity index (χ2n) is 10.3. The average Bonchev–Trinajstić information content (AvgIpc) is 3.63. The molecule has 206 valence electrons. The van der Waals surface area contributed by atoms with Crippen LogP contribution in [0.5, 0.6) is 5.75 Å². The molecule has 0 amide bonds. The standard InChI is InChI=1S/C30H28N2O6S2/c33-22-10-2-1-3-11-23-27(22)29(34)28(30(35)38-23)26(18-12-13-18)19-7-6-8-20(17-19)32-40(36,37)25-15-14-24(39-25)21-9-4-5-16-31-21/h4-9,14-18,26,32,34H,1-3,10-13H2. The number of benzene rings is 1. The fraction of sp³-hybridized carbons (Fsp3) is 0.300. The number of pyridine rings is 1. The molecule has 1 aromatic carbocycles. The van der Waals surface area contributed by atoms with Gasteiger partial charge in [0.15, 0.2) is 5.78 Å². The average molecular weight is 577 g/mol. The predicted molar refractivity (Wildman–Crippen MR) is 153 cm³/mol. The van der Waals surface area contributed by atoms with E-state index in [4.69, 9.17) is 4.42 Å². The Hall–Kier alpha value is -3.76. The number of hydrogen-bond acceptors (Lipinski definition) is 8. The van der Waals surface area contributed by atoms with Gasteiger partial charge in [-0.25, -0.2) is 13.2 Å². The molecule has 1 fully saturated rings. The Balaban J connectivity index is 1.34. The molecule has 0 spiro atoms. The van der Waals surface area contributed by atoms with Crippen LogP contribution < -0.4 is 10.3 Å². The Labute approximate surface area is 235 Å². The molecule has 8 nitrogen and oxygen atoms in total. The Kier molecular flexibility index (Phi) is 7.06. The molecule has 0 saturated heterocycles. The smallest absolute Gasteiger partial charge is 0.343 e. The van der Waals surface area contributed by atoms with Gasteiger partial charge in [0.2, 0.25) is 0 Å². The molecule has 0 radical (unpaired) electrons. The number of ketones is 1. The van der Waals surface area contributed by atoms with Gasteiger partial charge in [-0.15, -0.1) is 11.3 Å². The zero-order valence-corrected chi connectivity index (χ0v) is 23.3. The Bertz CT molecular complexity index is 1740. The maximum absolute atomic E-state index is 13.2. The van der Waals surface area contributed by atoms with E-state index >= 15 is 0 Å². The highest BCUT2D eigenvalue weighted by Gasteiger charge is 2.39. The molecule has 3 heterocycles. The van der Waals surface area contributed by atoms with Crippen molar-refractivity contribution in [2.24, 2.45) is 5.92 Å². The van der Waals surface area contributed by atoms with Crippen LogP contribution >= 0.6 is 11.3 Å². The molecular weight excluding hydrogens is 548 g/mol. The first-order chi connectivity index (χ1) is 19.3. The maximum Gasteiger partial charge on any atom is 0.343 e. The van der Waals surface area contributed by atoms with Crippen LogP contribution in [-0.4, -0.2) is 24.3 Å². The lowest BCUT2D eigenvalue weighted by molar-refractivity contribution is 0.0968. The first-order valence-corrected chi connectivity index (χ1v) is 15.7. The zero-order valence-electron chi connectivity index (χ0n) is 21.6. The molecule has 40 heavy (non-hydrogen) atoms. The van der Waals surface area contributed by atoms with Crippen molar-refractivity contribution in [3.05, 3.63) is 93.7 Å². The number of rotatable bonds is 7. The first-order valence-electron chi connectivity index (χ1n) is 13.4. The molecule has 2 aliphatic rings. The Morgan fingerprint density at radius 3 is 2.60 bits per heavy atom. The van der Waals surface area contributed by atoms with E-state index in [1.54, 1.807) is 42.6 Å². The van der Waals surface area contributed by atoms with Gasteiger partial charge in [0.25, 0.3) is 10.0 Å². The molecule has 1 atom stereocenters. The summed E-state index contributed by atoms with van der Waals surface area (Å²) in [4.78, 5) is 31.2. The van der Waals surface area contributed by atoms with Crippen LogP contribution in [-0.2, 0) is 16.4 Å². The summed E-state index contributed by atoms with van der Waals surface area (Å²) >= 11 is 1.12. The molecule has 2 N–H and O–H groups in total. The molecule has 0 bridgehead atoms. The van der Waals surface area contributed by atoms with E-state index in [0.717, 1.165) is 48.3 Å². The normalized spacial score (nSPS) is 16.6. The Morgan fingerprint density at radius 1 is 1.00 bits per heavy atom. The van der Waals surface area contributed by atoms with Gasteiger partial charge in [0, 0.05) is 30.6 Å². The predicted octanol–water partition coefficient (Wildman–Crippen LogP) is 6.11. The van der Waals surface area contributed by atoms with Gasteiger partial charge in [0.1, 0.15) is 15.7 Å². The van der Waals surface area contributed by atoms with Crippen LogP contribution in [0.15, 0.2) is 74.2 Å². The van der Waals surface area contributed by atoms with Crippen molar-refractivity contribution in [3.63, 3.8) is 0 Å². The van der Waals surface area contributed by atoms with Gasteiger partial charge >= 0.3 is 5.63 Å². The number of nitrogens with zero attached hydrogens (tertiary/aromatic N) is 1. The summed E-state index contributed by atoms with van der Waals surface area (Å²) in [6.45, 7) is 0. The van der Waals surface area contributed by atoms with E-state index in [1.807, 2.05) is 18.2 Å². The number of thiophene rings is 1. The van der Waals surface area contributed by atoms with Crippen LogP contribution in [0.3, 0.4) is 0 Å². The van der Waals surface area contributed by atoms with Gasteiger partial charge in [-0.2, -0.15) is 0 Å². The molecular formula is C30H28N2O6S2. The molecule has 10 heteroatoms. The van der Waals surface area contributed by atoms with Crippen LogP contribution in [0.25, 0.3) is 10.6 Å². The zero-order chi connectivity index (χ0) is 27.9. The lowest BCUT2D eigenvalue weighted by Crippen LogP contribution is -2.21. The summed E-state index contributed by atoms with van der Waals surface area (Å²) < 4.78 is 34.9. The van der Waals surface area contributed by atoms with Crippen molar-refractivity contribution in [2.75, 3.05) is 4.72 Å². The molecule has 1 unspecified atom stereocenters. The number of hydrogen-bond donors (Lipinski definition) is 2. The van der Waals surface area contributed by atoms with E-state index in [9.17, 15) is 23.1 Å². The maximum atomic E-state index is 13.2. The molecule has 4 aromatic rings. The fourth-order valence-electron chi connectivity index (χ4n) is 5.41. The first kappa shape index (κ1) is 26.5. The number of carbonyl (C=O) groups excluding carboxylic acids is 1. The highest BCUT2D eigenvalue weighted by atomic mass is 32.2. The number of aromatic hydroxyl groups is 1. The summed E-state index contributed by atoms with van der Waals surface area (Å²) in [6, 6.07) is 15.6. The van der Waals surface area contributed by atoms with Gasteiger partial charge in [-0.3, -0.25) is 14.5 Å². The van der Waals surface area contributed by atoms with Crippen molar-refractivity contribution in [3.8, 4) is 16.3 Å². The third-order valence-corrected chi connectivity index (χ3v) is 10.4. The minimum atomic E-state index is -3.89. The summed E-state index contributed by atoms with van der Waals surface area (Å²) in [6.07, 6.45) is 6.44. The highest BCUT2D eigenvalue weighted by molar-refractivity contribution is 7.94. The van der Waals surface area contributed by atoms with Gasteiger partial charge in [-0.05, 0) is 73.6 Å². The topological polar surface area (TPSA) is 127 Å². The lowest BCUT2D eigenvalue weighted by atomic mass is 9.85. The van der Waals surface area contributed by atoms with Gasteiger partial charge in [-0.1, -0.05) is 24.6 Å². The summed E-state index contributed by atoms with van der Waals surface area (Å²) in [5, 5.41) is 11.3. The third kappa shape index (κ3) is 5.21. The Morgan fingerprint density at radius 2 is 1.82 bits per heavy atom. The van der Waals surface area contributed by atoms with Crippen LogP contribution in [0.1, 0.15) is 71.7 Å². The highest BCUT2D eigenvalue weighted by Crippen LogP contribution is 2.49. The van der Waals surface area contributed by atoms with Gasteiger partial charge < -0.3 is 9.52 Å². The second-order valence-corrected chi connectivity index (χ2v) is 13.3. The number of nitrogens with one attached hydrogen (secondary N) is 1. The number of aryl methyl sites for hydroxylation is 1. The lowest BCUT2D eigenvalue weighted by Gasteiger charge is -2.21. The van der Waals surface area contributed by atoms with Crippen molar-refractivity contribution < 1.29 is 22.7 Å². The summed E-state index contributed by atoms with van der Waals surface area (Å²) in [7, 11) is -3.89. The van der Waals surface area contributed by atoms with E-state index in [1.165, 1.54) is 0 Å². The second kappa shape index (κ2) is 10.7. The SMILES string of the molecule is O=C1CCCCCc2oc(=O)c(C(c3cccc(NS(=O)(=O)c4ccc(-c5ccccn5)s4)c3)C3CC3)c(O)c21. The largest absolute Gasteiger partial charge is 0.506 e. The minimum absolute atomic E-state index is 0.0700. The molecule has 0 aliphatic heterocycles. The number of aromatic nitrogens is 1. The van der Waals surface area contributed by atoms with Crippen molar-refractivity contribution in [1.82, 2.24) is 4.98 Å². The van der Waals surface area contributed by atoms with Crippen LogP contribution in [0, 0.1) is 5.92 Å². The van der Waals surface area contributed by atoms with Crippen molar-refractivity contribution in [1.29, 1.82) is 0 Å². The van der Waals surface area contributed by atoms with E-state index in [-0.39, 0.29) is 38.5 Å². The third-order valence-electron chi connectivity index (χ3n) is 7.46. The quantitative estimate of drug-likeness (QED) is 0.272. The number of fused-ring (bicyclic) bond motifs is 1. The van der Waals surface area contributed by atoms with Crippen molar-refractivity contribution in [2.45, 2.75) is 55.1 Å². The van der Waals surface area contributed by atoms with E-state index in [0.29, 0.717) is 29.8 Å².